The standard InChI is InChI=1S/C13H21FN2/c1-9(2)15-13(16-10(3)4)11-5-7-12(14)8-6-11/h5-10,13,15-16H,1-4H3. The summed E-state index contributed by atoms with van der Waals surface area (Å²) in [5.74, 6) is -0.198. The van der Waals surface area contributed by atoms with Crippen molar-refractivity contribution in [1.29, 1.82) is 0 Å². The lowest BCUT2D eigenvalue weighted by Gasteiger charge is -2.25. The van der Waals surface area contributed by atoms with Crippen molar-refractivity contribution in [2.75, 3.05) is 0 Å². The van der Waals surface area contributed by atoms with Crippen molar-refractivity contribution in [2.45, 2.75) is 45.9 Å². The Hall–Kier alpha value is -0.930. The molecule has 0 aliphatic carbocycles. The summed E-state index contributed by atoms with van der Waals surface area (Å²) in [4.78, 5) is 0. The Balaban J connectivity index is 2.78. The van der Waals surface area contributed by atoms with Crippen LogP contribution in [0.15, 0.2) is 24.3 Å². The minimum absolute atomic E-state index is 0.0700. The molecule has 0 spiro atoms. The molecule has 0 saturated carbocycles. The van der Waals surface area contributed by atoms with Crippen LogP contribution in [0.4, 0.5) is 4.39 Å². The van der Waals surface area contributed by atoms with Gasteiger partial charge < -0.3 is 0 Å². The molecule has 90 valence electrons. The van der Waals surface area contributed by atoms with Crippen LogP contribution < -0.4 is 10.6 Å². The lowest BCUT2D eigenvalue weighted by Crippen LogP contribution is -2.41. The van der Waals surface area contributed by atoms with Gasteiger partial charge in [-0.05, 0) is 45.4 Å². The fourth-order valence-corrected chi connectivity index (χ4v) is 1.56. The minimum atomic E-state index is -0.198. The van der Waals surface area contributed by atoms with Crippen molar-refractivity contribution in [2.24, 2.45) is 0 Å². The molecule has 0 fully saturated rings. The molecule has 0 aliphatic heterocycles. The fourth-order valence-electron chi connectivity index (χ4n) is 1.56. The fraction of sp³-hybridized carbons (Fsp3) is 0.538. The maximum atomic E-state index is 12.8. The van der Waals surface area contributed by atoms with Crippen LogP contribution in [-0.2, 0) is 0 Å². The van der Waals surface area contributed by atoms with E-state index >= 15 is 0 Å². The molecule has 2 N–H and O–H groups in total. The molecule has 1 aromatic rings. The molecule has 16 heavy (non-hydrogen) atoms. The predicted molar refractivity (Wildman–Crippen MR) is 65.7 cm³/mol. The maximum absolute atomic E-state index is 12.8. The first-order valence-electron chi connectivity index (χ1n) is 5.76. The average molecular weight is 224 g/mol. The monoisotopic (exact) mass is 224 g/mol. The summed E-state index contributed by atoms with van der Waals surface area (Å²) in [6.45, 7) is 8.38. The van der Waals surface area contributed by atoms with E-state index in [2.05, 4.69) is 38.3 Å². The topological polar surface area (TPSA) is 24.1 Å². The first kappa shape index (κ1) is 13.1. The molecule has 0 unspecified atom stereocenters. The predicted octanol–water partition coefficient (Wildman–Crippen LogP) is 2.82. The van der Waals surface area contributed by atoms with Crippen LogP contribution >= 0.6 is 0 Å². The van der Waals surface area contributed by atoms with Gasteiger partial charge in [-0.15, -0.1) is 0 Å². The van der Waals surface area contributed by atoms with E-state index in [1.165, 1.54) is 12.1 Å². The van der Waals surface area contributed by atoms with Gasteiger partial charge in [-0.2, -0.15) is 0 Å². The zero-order valence-corrected chi connectivity index (χ0v) is 10.4. The molecule has 2 nitrogen and oxygen atoms in total. The molecule has 0 saturated heterocycles. The van der Waals surface area contributed by atoms with Crippen LogP contribution in [0.3, 0.4) is 0 Å². The first-order chi connectivity index (χ1) is 7.49. The molecular weight excluding hydrogens is 203 g/mol. The van der Waals surface area contributed by atoms with E-state index < -0.39 is 0 Å². The zero-order chi connectivity index (χ0) is 12.1. The van der Waals surface area contributed by atoms with Gasteiger partial charge in [-0.1, -0.05) is 12.1 Å². The first-order valence-corrected chi connectivity index (χ1v) is 5.76. The summed E-state index contributed by atoms with van der Waals surface area (Å²) < 4.78 is 12.8. The normalized spacial score (nSPS) is 11.8. The SMILES string of the molecule is CC(C)NC(NC(C)C)c1ccc(F)cc1. The summed E-state index contributed by atoms with van der Waals surface area (Å²) in [6.07, 6.45) is 0.0700. The van der Waals surface area contributed by atoms with Gasteiger partial charge in [0.25, 0.3) is 0 Å². The Kier molecular flexibility index (Phi) is 4.90. The van der Waals surface area contributed by atoms with Gasteiger partial charge in [-0.25, -0.2) is 4.39 Å². The molecular formula is C13H21FN2. The smallest absolute Gasteiger partial charge is 0.123 e. The van der Waals surface area contributed by atoms with E-state index in [1.807, 2.05) is 12.1 Å². The second-order valence-corrected chi connectivity index (χ2v) is 4.63. The maximum Gasteiger partial charge on any atom is 0.123 e. The highest BCUT2D eigenvalue weighted by Crippen LogP contribution is 2.12. The van der Waals surface area contributed by atoms with E-state index in [4.69, 9.17) is 0 Å². The summed E-state index contributed by atoms with van der Waals surface area (Å²) >= 11 is 0. The number of benzene rings is 1. The molecule has 0 aliphatic rings. The largest absolute Gasteiger partial charge is 0.296 e. The number of nitrogens with one attached hydrogen (secondary N) is 2. The summed E-state index contributed by atoms with van der Waals surface area (Å²) in [5.41, 5.74) is 1.06. The molecule has 0 amide bonds. The van der Waals surface area contributed by atoms with Gasteiger partial charge in [-0.3, -0.25) is 10.6 Å². The van der Waals surface area contributed by atoms with E-state index in [-0.39, 0.29) is 12.0 Å². The third kappa shape index (κ3) is 4.29. The number of hydrogen-bond acceptors (Lipinski definition) is 2. The van der Waals surface area contributed by atoms with E-state index in [1.54, 1.807) is 0 Å². The second kappa shape index (κ2) is 5.97. The third-order valence-corrected chi connectivity index (χ3v) is 2.20. The van der Waals surface area contributed by atoms with Crippen LogP contribution in [-0.4, -0.2) is 12.1 Å². The molecule has 0 aromatic heterocycles. The highest BCUT2D eigenvalue weighted by Gasteiger charge is 2.12. The molecule has 0 atom stereocenters. The van der Waals surface area contributed by atoms with Gasteiger partial charge in [0.05, 0.1) is 6.17 Å². The van der Waals surface area contributed by atoms with E-state index in [9.17, 15) is 4.39 Å². The van der Waals surface area contributed by atoms with Gasteiger partial charge >= 0.3 is 0 Å². The van der Waals surface area contributed by atoms with Crippen molar-refractivity contribution in [1.82, 2.24) is 10.6 Å². The minimum Gasteiger partial charge on any atom is -0.296 e. The summed E-state index contributed by atoms with van der Waals surface area (Å²) in [5, 5.41) is 6.83. The number of rotatable bonds is 5. The molecule has 0 heterocycles. The molecule has 3 heteroatoms. The number of halogens is 1. The molecule has 1 aromatic carbocycles. The van der Waals surface area contributed by atoms with E-state index in [0.29, 0.717) is 12.1 Å². The molecule has 0 radical (unpaired) electrons. The highest BCUT2D eigenvalue weighted by atomic mass is 19.1. The van der Waals surface area contributed by atoms with Gasteiger partial charge in [0.2, 0.25) is 0 Å². The van der Waals surface area contributed by atoms with Crippen LogP contribution in [0.2, 0.25) is 0 Å². The Morgan fingerprint density at radius 2 is 1.31 bits per heavy atom. The lowest BCUT2D eigenvalue weighted by molar-refractivity contribution is 0.375. The van der Waals surface area contributed by atoms with Crippen LogP contribution in [0, 0.1) is 5.82 Å². The Morgan fingerprint density at radius 1 is 0.875 bits per heavy atom. The van der Waals surface area contributed by atoms with Crippen molar-refractivity contribution in [3.8, 4) is 0 Å². The summed E-state index contributed by atoms with van der Waals surface area (Å²) in [6, 6.07) is 7.36. The van der Waals surface area contributed by atoms with Crippen LogP contribution in [0.25, 0.3) is 0 Å². The van der Waals surface area contributed by atoms with E-state index in [0.717, 1.165) is 5.56 Å². The molecule has 1 rings (SSSR count). The Bertz CT molecular complexity index is 296. The van der Waals surface area contributed by atoms with Gasteiger partial charge in [0.1, 0.15) is 5.82 Å². The lowest BCUT2D eigenvalue weighted by atomic mass is 10.1. The van der Waals surface area contributed by atoms with Gasteiger partial charge in [0.15, 0.2) is 0 Å². The quantitative estimate of drug-likeness (QED) is 0.751. The third-order valence-electron chi connectivity index (χ3n) is 2.20. The average Bonchev–Trinajstić information content (AvgIpc) is 2.16. The summed E-state index contributed by atoms with van der Waals surface area (Å²) in [7, 11) is 0. The van der Waals surface area contributed by atoms with Gasteiger partial charge in [0, 0.05) is 12.1 Å². The zero-order valence-electron chi connectivity index (χ0n) is 10.4. The van der Waals surface area contributed by atoms with Crippen molar-refractivity contribution >= 4 is 0 Å². The second-order valence-electron chi connectivity index (χ2n) is 4.63. The Labute approximate surface area is 97.3 Å². The Morgan fingerprint density at radius 3 is 1.69 bits per heavy atom. The van der Waals surface area contributed by atoms with Crippen molar-refractivity contribution in [3.05, 3.63) is 35.6 Å². The number of hydrogen-bond donors (Lipinski definition) is 2. The van der Waals surface area contributed by atoms with Crippen molar-refractivity contribution < 1.29 is 4.39 Å². The van der Waals surface area contributed by atoms with Crippen molar-refractivity contribution in [3.63, 3.8) is 0 Å². The highest BCUT2D eigenvalue weighted by molar-refractivity contribution is 5.19. The van der Waals surface area contributed by atoms with Crippen LogP contribution in [0.1, 0.15) is 39.4 Å². The molecule has 0 bridgehead atoms. The van der Waals surface area contributed by atoms with Crippen LogP contribution in [0.5, 0.6) is 0 Å².